The molecule has 2 unspecified atom stereocenters. The van der Waals surface area contributed by atoms with Gasteiger partial charge in [0.1, 0.15) is 0 Å². The molecule has 2 aliphatic carbocycles. The molecular weight excluding hydrogens is 164 g/mol. The standard InChI is InChI=1S/C10H17OSi/c1-9(2,12-11)10-5-3-8(7-10)4-6-10/h3,5,8H,4,6-7,12H2,1-2H3. The summed E-state index contributed by atoms with van der Waals surface area (Å²) < 4.78 is 0. The number of fused-ring (bicyclic) bond motifs is 2. The first kappa shape index (κ1) is 8.51. The van der Waals surface area contributed by atoms with E-state index in [1.54, 1.807) is 0 Å². The van der Waals surface area contributed by atoms with Gasteiger partial charge in [-0.25, -0.2) is 0 Å². The lowest BCUT2D eigenvalue weighted by atomic mass is 9.76. The zero-order valence-corrected chi connectivity index (χ0v) is 9.38. The summed E-state index contributed by atoms with van der Waals surface area (Å²) in [6, 6.07) is 0. The van der Waals surface area contributed by atoms with Gasteiger partial charge in [0, 0.05) is 0 Å². The van der Waals surface area contributed by atoms with Crippen LogP contribution in [0.3, 0.4) is 0 Å². The Hall–Kier alpha value is -0.0831. The molecular formula is C10H17OSi. The van der Waals surface area contributed by atoms with Gasteiger partial charge in [-0.2, -0.15) is 0 Å². The van der Waals surface area contributed by atoms with Crippen LogP contribution in [0.5, 0.6) is 0 Å². The third-order valence-electron chi connectivity index (χ3n) is 3.98. The minimum atomic E-state index is -1.13. The first-order valence-corrected chi connectivity index (χ1v) is 6.16. The van der Waals surface area contributed by atoms with Crippen molar-refractivity contribution in [1.29, 1.82) is 0 Å². The summed E-state index contributed by atoms with van der Waals surface area (Å²) >= 11 is 0. The van der Waals surface area contributed by atoms with Crippen LogP contribution in [0.1, 0.15) is 33.1 Å². The zero-order valence-electron chi connectivity index (χ0n) is 7.97. The lowest BCUT2D eigenvalue weighted by molar-refractivity contribution is 0.265. The lowest BCUT2D eigenvalue weighted by Crippen LogP contribution is -2.31. The van der Waals surface area contributed by atoms with E-state index in [1.165, 1.54) is 19.3 Å². The minimum absolute atomic E-state index is 0.106. The van der Waals surface area contributed by atoms with Crippen LogP contribution in [0.2, 0.25) is 5.04 Å². The molecule has 67 valence electrons. The van der Waals surface area contributed by atoms with Crippen LogP contribution in [0, 0.1) is 11.3 Å². The molecule has 0 aromatic rings. The van der Waals surface area contributed by atoms with Crippen LogP contribution >= 0.6 is 0 Å². The van der Waals surface area contributed by atoms with E-state index >= 15 is 0 Å². The third-order valence-corrected chi connectivity index (χ3v) is 5.41. The van der Waals surface area contributed by atoms with Gasteiger partial charge in [0.25, 0.3) is 0 Å². The molecule has 0 aliphatic heterocycles. The van der Waals surface area contributed by atoms with Crippen molar-refractivity contribution >= 4 is 9.76 Å². The van der Waals surface area contributed by atoms with E-state index in [9.17, 15) is 4.80 Å². The average Bonchev–Trinajstić information content (AvgIpc) is 2.64. The van der Waals surface area contributed by atoms with Gasteiger partial charge in [-0.05, 0) is 35.6 Å². The van der Waals surface area contributed by atoms with Gasteiger partial charge in [0.15, 0.2) is 0 Å². The van der Waals surface area contributed by atoms with E-state index in [4.69, 9.17) is 0 Å². The van der Waals surface area contributed by atoms with Gasteiger partial charge in [-0.1, -0.05) is 26.0 Å². The van der Waals surface area contributed by atoms with Gasteiger partial charge >= 0.3 is 0 Å². The van der Waals surface area contributed by atoms with E-state index in [-0.39, 0.29) is 5.04 Å². The van der Waals surface area contributed by atoms with Crippen LogP contribution in [-0.4, -0.2) is 9.76 Å². The van der Waals surface area contributed by atoms with Crippen molar-refractivity contribution in [2.24, 2.45) is 11.3 Å². The topological polar surface area (TPSA) is 19.9 Å². The quantitative estimate of drug-likeness (QED) is 0.459. The Labute approximate surface area is 76.8 Å². The second-order valence-corrected chi connectivity index (χ2v) is 7.10. The molecule has 0 aromatic carbocycles. The maximum absolute atomic E-state index is 11.2. The van der Waals surface area contributed by atoms with Gasteiger partial charge < -0.3 is 4.80 Å². The lowest BCUT2D eigenvalue weighted by Gasteiger charge is -2.39. The smallest absolute Gasteiger partial charge is 0.213 e. The number of hydrogen-bond donors (Lipinski definition) is 0. The molecule has 1 radical (unpaired) electrons. The SMILES string of the molecule is CC(C)([SiH2][O])C12C=CC(CC1)C2. The molecule has 0 aromatic heterocycles. The minimum Gasteiger partial charge on any atom is -0.306 e. The molecule has 2 bridgehead atoms. The molecule has 0 amide bonds. The largest absolute Gasteiger partial charge is 0.306 e. The number of rotatable bonds is 2. The van der Waals surface area contributed by atoms with Crippen molar-refractivity contribution in [2.45, 2.75) is 38.1 Å². The van der Waals surface area contributed by atoms with E-state index in [0.717, 1.165) is 5.92 Å². The highest BCUT2D eigenvalue weighted by Gasteiger charge is 2.50. The normalized spacial score (nSPS) is 40.4. The Bertz CT molecular complexity index is 222. The second kappa shape index (κ2) is 2.45. The predicted octanol–water partition coefficient (Wildman–Crippen LogP) is 2.06. The van der Waals surface area contributed by atoms with E-state index in [0.29, 0.717) is 5.41 Å². The second-order valence-electron chi connectivity index (χ2n) is 5.05. The highest BCUT2D eigenvalue weighted by atomic mass is 28.2. The van der Waals surface area contributed by atoms with Gasteiger partial charge in [0.05, 0.1) is 0 Å². The zero-order chi connectivity index (χ0) is 8.82. The Morgan fingerprint density at radius 2 is 2.33 bits per heavy atom. The maximum Gasteiger partial charge on any atom is 0.213 e. The molecule has 12 heavy (non-hydrogen) atoms. The average molecular weight is 181 g/mol. The van der Waals surface area contributed by atoms with Crippen LogP contribution in [0.25, 0.3) is 0 Å². The highest BCUT2D eigenvalue weighted by Crippen LogP contribution is 2.61. The van der Waals surface area contributed by atoms with Crippen LogP contribution in [0.4, 0.5) is 0 Å². The summed E-state index contributed by atoms with van der Waals surface area (Å²) in [7, 11) is -1.13. The summed E-state index contributed by atoms with van der Waals surface area (Å²) in [6.07, 6.45) is 8.57. The summed E-state index contributed by atoms with van der Waals surface area (Å²) in [5.74, 6) is 0.810. The summed E-state index contributed by atoms with van der Waals surface area (Å²) in [5.41, 5.74) is 0.325. The van der Waals surface area contributed by atoms with Gasteiger partial charge in [-0.15, -0.1) is 0 Å². The molecule has 1 saturated carbocycles. The molecule has 0 saturated heterocycles. The number of allylic oxidation sites excluding steroid dienone is 2. The Balaban J connectivity index is 2.27. The Morgan fingerprint density at radius 3 is 2.67 bits per heavy atom. The Kier molecular flexibility index (Phi) is 1.74. The molecule has 2 atom stereocenters. The van der Waals surface area contributed by atoms with Crippen molar-refractivity contribution < 1.29 is 4.80 Å². The van der Waals surface area contributed by atoms with Gasteiger partial charge in [0.2, 0.25) is 9.76 Å². The molecule has 1 nitrogen and oxygen atoms in total. The van der Waals surface area contributed by atoms with Crippen LogP contribution in [-0.2, 0) is 4.80 Å². The highest BCUT2D eigenvalue weighted by molar-refractivity contribution is 6.30. The van der Waals surface area contributed by atoms with E-state index in [1.807, 2.05) is 0 Å². The van der Waals surface area contributed by atoms with E-state index < -0.39 is 9.76 Å². The third kappa shape index (κ3) is 0.943. The van der Waals surface area contributed by atoms with Crippen LogP contribution < -0.4 is 0 Å². The Morgan fingerprint density at radius 1 is 1.58 bits per heavy atom. The van der Waals surface area contributed by atoms with Crippen molar-refractivity contribution in [3.63, 3.8) is 0 Å². The molecule has 0 heterocycles. The monoisotopic (exact) mass is 181 g/mol. The van der Waals surface area contributed by atoms with Crippen molar-refractivity contribution in [2.75, 3.05) is 0 Å². The summed E-state index contributed by atoms with van der Waals surface area (Å²) in [4.78, 5) is 11.2. The molecule has 2 heteroatoms. The summed E-state index contributed by atoms with van der Waals surface area (Å²) in [5, 5.41) is 0.106. The maximum atomic E-state index is 11.2. The molecule has 2 rings (SSSR count). The fourth-order valence-electron chi connectivity index (χ4n) is 2.73. The first-order valence-electron chi connectivity index (χ1n) is 4.87. The van der Waals surface area contributed by atoms with Crippen LogP contribution in [0.15, 0.2) is 12.2 Å². The van der Waals surface area contributed by atoms with Crippen molar-refractivity contribution in [3.05, 3.63) is 12.2 Å². The van der Waals surface area contributed by atoms with Crippen molar-refractivity contribution in [1.82, 2.24) is 0 Å². The van der Waals surface area contributed by atoms with Gasteiger partial charge in [-0.3, -0.25) is 0 Å². The molecule has 0 N–H and O–H groups in total. The predicted molar refractivity (Wildman–Crippen MR) is 52.2 cm³/mol. The molecule has 1 fully saturated rings. The van der Waals surface area contributed by atoms with E-state index in [2.05, 4.69) is 26.0 Å². The molecule has 0 spiro atoms. The van der Waals surface area contributed by atoms with Crippen molar-refractivity contribution in [3.8, 4) is 0 Å². The fraction of sp³-hybridized carbons (Fsp3) is 0.800. The first-order chi connectivity index (χ1) is 5.60. The number of hydrogen-bond acceptors (Lipinski definition) is 0. The molecule has 2 aliphatic rings. The summed E-state index contributed by atoms with van der Waals surface area (Å²) in [6.45, 7) is 4.37. The fourth-order valence-corrected chi connectivity index (χ4v) is 3.46.